The van der Waals surface area contributed by atoms with E-state index in [4.69, 9.17) is 34.2 Å². The minimum atomic E-state index is -1.88. The Morgan fingerprint density at radius 1 is 0.514 bits per heavy atom. The molecule has 3 aliphatic heterocycles. The molecule has 0 amide bonds. The number of hydrogen-bond acceptors (Lipinski definition) is 17. The number of aliphatic hydroxyl groups excluding tert-OH is 10. The second kappa shape index (κ2) is 13.6. The fourth-order valence-electron chi connectivity index (χ4n) is 4.32. The lowest BCUT2D eigenvalue weighted by Gasteiger charge is -2.48. The Bertz CT molecular complexity index is 691. The Hall–Kier alpha value is -0.680. The van der Waals surface area contributed by atoms with Crippen LogP contribution in [-0.2, 0) is 28.4 Å². The third-order valence-corrected chi connectivity index (χ3v) is 6.48. The molecule has 0 aliphatic carbocycles. The van der Waals surface area contributed by atoms with Crippen molar-refractivity contribution in [3.8, 4) is 0 Å². The molecule has 0 aromatic heterocycles. The van der Waals surface area contributed by atoms with Crippen molar-refractivity contribution in [2.24, 2.45) is 5.73 Å². The Kier molecular flexibility index (Phi) is 11.3. The summed E-state index contributed by atoms with van der Waals surface area (Å²) in [4.78, 5) is 0. The van der Waals surface area contributed by atoms with Crippen LogP contribution in [0, 0.1) is 0 Å². The van der Waals surface area contributed by atoms with Gasteiger partial charge in [0.05, 0.1) is 26.4 Å². The molecule has 0 bridgehead atoms. The molecule has 17 heteroatoms. The summed E-state index contributed by atoms with van der Waals surface area (Å²) >= 11 is 0. The number of aliphatic hydroxyl groups is 10. The van der Waals surface area contributed by atoms with E-state index in [0.29, 0.717) is 0 Å². The molecule has 37 heavy (non-hydrogen) atoms. The van der Waals surface area contributed by atoms with Gasteiger partial charge < -0.3 is 85.2 Å². The molecular formula is C20H37NO16. The minimum Gasteiger partial charge on any atom is -0.394 e. The molecule has 17 nitrogen and oxygen atoms in total. The summed E-state index contributed by atoms with van der Waals surface area (Å²) in [5, 5.41) is 101. The van der Waals surface area contributed by atoms with Crippen molar-refractivity contribution in [3.05, 3.63) is 0 Å². The van der Waals surface area contributed by atoms with Crippen molar-refractivity contribution >= 4 is 0 Å². The highest BCUT2D eigenvalue weighted by atomic mass is 16.8. The molecule has 218 valence electrons. The summed E-state index contributed by atoms with van der Waals surface area (Å²) in [6.07, 6.45) is -24.6. The number of hydrogen-bond donors (Lipinski definition) is 11. The molecular weight excluding hydrogens is 510 g/mol. The predicted octanol–water partition coefficient (Wildman–Crippen LogP) is -7.59. The van der Waals surface area contributed by atoms with Gasteiger partial charge in [0.25, 0.3) is 0 Å². The molecule has 0 spiro atoms. The monoisotopic (exact) mass is 547 g/mol. The summed E-state index contributed by atoms with van der Waals surface area (Å²) in [6, 6.07) is 0. The average Bonchev–Trinajstić information content (AvgIpc) is 2.90. The largest absolute Gasteiger partial charge is 0.394 e. The summed E-state index contributed by atoms with van der Waals surface area (Å²) < 4.78 is 33.0. The van der Waals surface area contributed by atoms with Gasteiger partial charge in [-0.3, -0.25) is 0 Å². The third-order valence-electron chi connectivity index (χ3n) is 6.48. The van der Waals surface area contributed by atoms with E-state index in [2.05, 4.69) is 0 Å². The van der Waals surface area contributed by atoms with Crippen molar-refractivity contribution in [2.75, 3.05) is 33.0 Å². The molecule has 0 aromatic carbocycles. The molecule has 0 saturated carbocycles. The molecule has 3 rings (SSSR count). The zero-order valence-electron chi connectivity index (χ0n) is 19.7. The molecule has 3 heterocycles. The van der Waals surface area contributed by atoms with E-state index in [9.17, 15) is 51.1 Å². The van der Waals surface area contributed by atoms with Gasteiger partial charge in [-0.25, -0.2) is 0 Å². The second-order valence-electron chi connectivity index (χ2n) is 8.97. The lowest BCUT2D eigenvalue weighted by molar-refractivity contribution is -0.393. The van der Waals surface area contributed by atoms with Gasteiger partial charge in [-0.15, -0.1) is 0 Å². The van der Waals surface area contributed by atoms with Crippen LogP contribution in [0.5, 0.6) is 0 Å². The van der Waals surface area contributed by atoms with Gasteiger partial charge in [0.15, 0.2) is 18.9 Å². The van der Waals surface area contributed by atoms with Gasteiger partial charge >= 0.3 is 0 Å². The van der Waals surface area contributed by atoms with E-state index in [-0.39, 0.29) is 13.2 Å². The first kappa shape index (κ1) is 30.9. The van der Waals surface area contributed by atoms with Gasteiger partial charge in [0.1, 0.15) is 73.2 Å². The molecule has 15 atom stereocenters. The number of ether oxygens (including phenoxy) is 6. The maximum atomic E-state index is 10.7. The van der Waals surface area contributed by atoms with Gasteiger partial charge in [-0.1, -0.05) is 0 Å². The Balaban J connectivity index is 1.86. The van der Waals surface area contributed by atoms with Crippen molar-refractivity contribution < 1.29 is 79.5 Å². The van der Waals surface area contributed by atoms with Gasteiger partial charge in [-0.05, 0) is 0 Å². The van der Waals surface area contributed by atoms with Crippen molar-refractivity contribution in [1.29, 1.82) is 0 Å². The first-order valence-electron chi connectivity index (χ1n) is 11.8. The van der Waals surface area contributed by atoms with Crippen LogP contribution in [0.4, 0.5) is 0 Å². The fourth-order valence-corrected chi connectivity index (χ4v) is 4.32. The van der Waals surface area contributed by atoms with Crippen LogP contribution < -0.4 is 5.73 Å². The minimum absolute atomic E-state index is 0.0370. The summed E-state index contributed by atoms with van der Waals surface area (Å²) in [5.74, 6) is 0. The maximum absolute atomic E-state index is 10.7. The molecule has 12 N–H and O–H groups in total. The van der Waals surface area contributed by atoms with Crippen LogP contribution in [-0.4, -0.2) is 176 Å². The lowest BCUT2D eigenvalue weighted by atomic mass is 9.96. The zero-order chi connectivity index (χ0) is 27.4. The first-order valence-corrected chi connectivity index (χ1v) is 11.8. The normalized spacial score (nSPS) is 49.2. The van der Waals surface area contributed by atoms with Gasteiger partial charge in [0, 0.05) is 6.54 Å². The van der Waals surface area contributed by atoms with Crippen LogP contribution in [0.2, 0.25) is 0 Å². The van der Waals surface area contributed by atoms with E-state index < -0.39 is 112 Å². The molecule has 3 aliphatic rings. The van der Waals surface area contributed by atoms with Crippen LogP contribution >= 0.6 is 0 Å². The molecule has 3 saturated heterocycles. The Morgan fingerprint density at radius 2 is 0.919 bits per heavy atom. The second-order valence-corrected chi connectivity index (χ2v) is 8.97. The maximum Gasteiger partial charge on any atom is 0.187 e. The standard InChI is InChI=1S/C20H37NO16/c21-1-2-32-19-16(13(29)10(26)7(4-23)34-19)37-20-17(14(30)11(27)8(5-24)35-20)36-18-15(31)12(28)9(25)6(3-22)33-18/h6-20,22-31H,1-5,21H2/t6?,7?,8?,9-,10-,11-,12+,13+,14+,15?,16?,17?,18-,19+,20-/m1/s1. The highest BCUT2D eigenvalue weighted by Crippen LogP contribution is 2.33. The van der Waals surface area contributed by atoms with Crippen LogP contribution in [0.25, 0.3) is 0 Å². The Labute approximate surface area is 211 Å². The highest BCUT2D eigenvalue weighted by Gasteiger charge is 2.54. The summed E-state index contributed by atoms with van der Waals surface area (Å²) in [7, 11) is 0. The number of rotatable bonds is 10. The molecule has 0 radical (unpaired) electrons. The topological polar surface area (TPSA) is 284 Å². The van der Waals surface area contributed by atoms with Crippen LogP contribution in [0.1, 0.15) is 0 Å². The summed E-state index contributed by atoms with van der Waals surface area (Å²) in [6.45, 7) is -2.26. The van der Waals surface area contributed by atoms with Crippen LogP contribution in [0.15, 0.2) is 0 Å². The van der Waals surface area contributed by atoms with E-state index in [1.54, 1.807) is 0 Å². The molecule has 0 aromatic rings. The van der Waals surface area contributed by atoms with Crippen molar-refractivity contribution in [2.45, 2.75) is 92.1 Å². The zero-order valence-corrected chi connectivity index (χ0v) is 19.7. The van der Waals surface area contributed by atoms with Crippen LogP contribution in [0.3, 0.4) is 0 Å². The van der Waals surface area contributed by atoms with Crippen molar-refractivity contribution in [1.82, 2.24) is 0 Å². The van der Waals surface area contributed by atoms with Crippen molar-refractivity contribution in [3.63, 3.8) is 0 Å². The third kappa shape index (κ3) is 6.56. The van der Waals surface area contributed by atoms with E-state index >= 15 is 0 Å². The quantitative estimate of drug-likeness (QED) is 0.121. The highest BCUT2D eigenvalue weighted by molar-refractivity contribution is 4.96. The Morgan fingerprint density at radius 3 is 1.41 bits per heavy atom. The molecule has 6 unspecified atom stereocenters. The van der Waals surface area contributed by atoms with E-state index in [1.165, 1.54) is 0 Å². The molecule has 3 fully saturated rings. The van der Waals surface area contributed by atoms with E-state index in [1.807, 2.05) is 0 Å². The smallest absolute Gasteiger partial charge is 0.187 e. The average molecular weight is 548 g/mol. The fraction of sp³-hybridized carbons (Fsp3) is 1.00. The first-order chi connectivity index (χ1) is 17.6. The summed E-state index contributed by atoms with van der Waals surface area (Å²) in [5.41, 5.74) is 5.45. The van der Waals surface area contributed by atoms with Gasteiger partial charge in [0.2, 0.25) is 0 Å². The SMILES string of the molecule is NCCO[C@H]1OC(CO)[C@@H](O)[C@H](O)C1O[C@H]1OC(CO)[C@@H](O)[C@H](O)C1O[C@H]1OC(CO)[C@@H](O)[C@H](O)C1O. The van der Waals surface area contributed by atoms with E-state index in [0.717, 1.165) is 0 Å². The number of nitrogens with two attached hydrogens (primary N) is 1. The van der Waals surface area contributed by atoms with Gasteiger partial charge in [-0.2, -0.15) is 0 Å². The lowest BCUT2D eigenvalue weighted by Crippen LogP contribution is -2.67. The predicted molar refractivity (Wildman–Crippen MR) is 114 cm³/mol.